The summed E-state index contributed by atoms with van der Waals surface area (Å²) in [5.41, 5.74) is 12.0. The predicted octanol–water partition coefficient (Wildman–Crippen LogP) is 4.21. The molecular formula is C19H20N4. The molecule has 4 nitrogen and oxygen atoms in total. The Kier molecular flexibility index (Phi) is 4.14. The average Bonchev–Trinajstić information content (AvgIpc) is 2.98. The van der Waals surface area contributed by atoms with Crippen LogP contribution in [-0.2, 0) is 0 Å². The van der Waals surface area contributed by atoms with Crippen LogP contribution in [0.15, 0.2) is 36.4 Å². The molecule has 0 aliphatic rings. The maximum absolute atomic E-state index is 9.04. The van der Waals surface area contributed by atoms with E-state index in [9.17, 15) is 0 Å². The number of hydrogen-bond donors (Lipinski definition) is 2. The number of aryl methyl sites for hydroxylation is 1. The van der Waals surface area contributed by atoms with E-state index in [0.717, 1.165) is 46.4 Å². The second-order valence-electron chi connectivity index (χ2n) is 5.89. The Hall–Kier alpha value is -2.64. The van der Waals surface area contributed by atoms with Gasteiger partial charge in [0, 0.05) is 0 Å². The van der Waals surface area contributed by atoms with Gasteiger partial charge in [0.15, 0.2) is 0 Å². The highest BCUT2D eigenvalue weighted by molar-refractivity contribution is 5.82. The van der Waals surface area contributed by atoms with E-state index in [1.165, 1.54) is 0 Å². The van der Waals surface area contributed by atoms with E-state index >= 15 is 0 Å². The summed E-state index contributed by atoms with van der Waals surface area (Å²) in [5.74, 6) is 0.843. The van der Waals surface area contributed by atoms with Crippen LogP contribution < -0.4 is 5.73 Å². The van der Waals surface area contributed by atoms with Crippen LogP contribution in [0.4, 0.5) is 0 Å². The standard InChI is InChI=1S/C19H20N4/c1-3-4-16(21)19-22-17-8-7-14(10-18(17)23-19)13-5-6-15(11-20)12(2)9-13/h5-10,16H,3-4,21H2,1-2H3,(H,22,23)/t16-/m0/s1. The van der Waals surface area contributed by atoms with E-state index in [-0.39, 0.29) is 6.04 Å². The van der Waals surface area contributed by atoms with E-state index < -0.39 is 0 Å². The first kappa shape index (κ1) is 15.3. The van der Waals surface area contributed by atoms with Crippen molar-refractivity contribution in [2.75, 3.05) is 0 Å². The fourth-order valence-corrected chi connectivity index (χ4v) is 2.80. The van der Waals surface area contributed by atoms with E-state index in [1.807, 2.05) is 31.2 Å². The van der Waals surface area contributed by atoms with E-state index in [4.69, 9.17) is 11.0 Å². The number of benzene rings is 2. The molecule has 3 aromatic rings. The number of aromatic nitrogens is 2. The SMILES string of the molecule is CCC[C@H](N)c1nc2ccc(-c3ccc(C#N)c(C)c3)cc2[nH]1. The van der Waals surface area contributed by atoms with Crippen molar-refractivity contribution in [2.45, 2.75) is 32.7 Å². The Labute approximate surface area is 136 Å². The van der Waals surface area contributed by atoms with Gasteiger partial charge in [0.25, 0.3) is 0 Å². The van der Waals surface area contributed by atoms with Crippen LogP contribution in [0.25, 0.3) is 22.2 Å². The second kappa shape index (κ2) is 6.23. The molecule has 3 rings (SSSR count). The first-order chi connectivity index (χ1) is 11.1. The van der Waals surface area contributed by atoms with Crippen molar-refractivity contribution < 1.29 is 0 Å². The summed E-state index contributed by atoms with van der Waals surface area (Å²) in [6, 6.07) is 14.2. The molecule has 0 unspecified atom stereocenters. The molecule has 0 aliphatic carbocycles. The van der Waals surface area contributed by atoms with Gasteiger partial charge in [-0.15, -0.1) is 0 Å². The summed E-state index contributed by atoms with van der Waals surface area (Å²) in [6.45, 7) is 4.08. The van der Waals surface area contributed by atoms with Gasteiger partial charge in [-0.2, -0.15) is 5.26 Å². The zero-order valence-electron chi connectivity index (χ0n) is 13.4. The van der Waals surface area contributed by atoms with Crippen molar-refractivity contribution in [3.63, 3.8) is 0 Å². The summed E-state index contributed by atoms with van der Waals surface area (Å²) >= 11 is 0. The molecule has 1 aromatic heterocycles. The minimum absolute atomic E-state index is 0.0481. The zero-order valence-corrected chi connectivity index (χ0v) is 13.4. The number of fused-ring (bicyclic) bond motifs is 1. The molecular weight excluding hydrogens is 284 g/mol. The van der Waals surface area contributed by atoms with Gasteiger partial charge in [0.2, 0.25) is 0 Å². The highest BCUT2D eigenvalue weighted by Gasteiger charge is 2.11. The summed E-state index contributed by atoms with van der Waals surface area (Å²) in [5, 5.41) is 9.04. The second-order valence-corrected chi connectivity index (χ2v) is 5.89. The monoisotopic (exact) mass is 304 g/mol. The molecule has 116 valence electrons. The minimum atomic E-state index is -0.0481. The van der Waals surface area contributed by atoms with Gasteiger partial charge in [-0.1, -0.05) is 31.5 Å². The summed E-state index contributed by atoms with van der Waals surface area (Å²) in [7, 11) is 0. The molecule has 0 radical (unpaired) electrons. The minimum Gasteiger partial charge on any atom is -0.341 e. The number of H-pyrrole nitrogens is 1. The summed E-state index contributed by atoms with van der Waals surface area (Å²) in [4.78, 5) is 7.93. The number of nitrogens with one attached hydrogen (secondary N) is 1. The van der Waals surface area contributed by atoms with Crippen molar-refractivity contribution in [3.05, 3.63) is 53.3 Å². The molecule has 0 fully saturated rings. The quantitative estimate of drug-likeness (QED) is 0.757. The van der Waals surface area contributed by atoms with Crippen LogP contribution in [0.2, 0.25) is 0 Å². The third kappa shape index (κ3) is 2.96. The number of rotatable bonds is 4. The lowest BCUT2D eigenvalue weighted by Crippen LogP contribution is -2.11. The largest absolute Gasteiger partial charge is 0.341 e. The molecule has 0 amide bonds. The molecule has 0 bridgehead atoms. The molecule has 1 heterocycles. The third-order valence-corrected chi connectivity index (χ3v) is 4.13. The number of nitrogens with two attached hydrogens (primary N) is 1. The van der Waals surface area contributed by atoms with Gasteiger partial charge in [0.05, 0.1) is 28.7 Å². The van der Waals surface area contributed by atoms with Crippen LogP contribution >= 0.6 is 0 Å². The Balaban J connectivity index is 2.00. The van der Waals surface area contributed by atoms with Crippen molar-refractivity contribution in [2.24, 2.45) is 5.73 Å². The van der Waals surface area contributed by atoms with Crippen molar-refractivity contribution in [1.29, 1.82) is 5.26 Å². The average molecular weight is 304 g/mol. The molecule has 0 aliphatic heterocycles. The Morgan fingerprint density at radius 1 is 1.22 bits per heavy atom. The molecule has 1 atom stereocenters. The van der Waals surface area contributed by atoms with Gasteiger partial charge in [-0.3, -0.25) is 0 Å². The van der Waals surface area contributed by atoms with Crippen LogP contribution in [0.1, 0.15) is 42.8 Å². The van der Waals surface area contributed by atoms with Crippen LogP contribution in [0.3, 0.4) is 0 Å². The van der Waals surface area contributed by atoms with Crippen LogP contribution in [0, 0.1) is 18.3 Å². The first-order valence-electron chi connectivity index (χ1n) is 7.88. The number of nitriles is 1. The molecule has 0 saturated carbocycles. The molecule has 2 aromatic carbocycles. The molecule has 3 N–H and O–H groups in total. The number of hydrogen-bond acceptors (Lipinski definition) is 3. The fraction of sp³-hybridized carbons (Fsp3) is 0.263. The van der Waals surface area contributed by atoms with Crippen molar-refractivity contribution in [1.82, 2.24) is 9.97 Å². The zero-order chi connectivity index (χ0) is 16.4. The van der Waals surface area contributed by atoms with Gasteiger partial charge in [-0.05, 0) is 48.2 Å². The van der Waals surface area contributed by atoms with Gasteiger partial charge >= 0.3 is 0 Å². The molecule has 4 heteroatoms. The number of aromatic amines is 1. The normalized spacial score (nSPS) is 12.3. The number of imidazole rings is 1. The molecule has 0 spiro atoms. The van der Waals surface area contributed by atoms with E-state index in [2.05, 4.69) is 35.1 Å². The summed E-state index contributed by atoms with van der Waals surface area (Å²) in [6.07, 6.45) is 1.95. The number of nitrogens with zero attached hydrogens (tertiary/aromatic N) is 2. The highest BCUT2D eigenvalue weighted by Crippen LogP contribution is 2.26. The Morgan fingerprint density at radius 2 is 1.96 bits per heavy atom. The maximum Gasteiger partial charge on any atom is 0.124 e. The predicted molar refractivity (Wildman–Crippen MR) is 92.8 cm³/mol. The van der Waals surface area contributed by atoms with Crippen molar-refractivity contribution >= 4 is 11.0 Å². The fourth-order valence-electron chi connectivity index (χ4n) is 2.80. The highest BCUT2D eigenvalue weighted by atomic mass is 15.0. The third-order valence-electron chi connectivity index (χ3n) is 4.13. The van der Waals surface area contributed by atoms with Gasteiger partial charge < -0.3 is 10.7 Å². The van der Waals surface area contributed by atoms with E-state index in [1.54, 1.807) is 0 Å². The Morgan fingerprint density at radius 3 is 2.65 bits per heavy atom. The topological polar surface area (TPSA) is 78.5 Å². The maximum atomic E-state index is 9.04. The lowest BCUT2D eigenvalue weighted by molar-refractivity contribution is 0.610. The summed E-state index contributed by atoms with van der Waals surface area (Å²) < 4.78 is 0. The lowest BCUT2D eigenvalue weighted by atomic mass is 10.00. The van der Waals surface area contributed by atoms with Crippen molar-refractivity contribution in [3.8, 4) is 17.2 Å². The van der Waals surface area contributed by atoms with Crippen LogP contribution in [-0.4, -0.2) is 9.97 Å². The van der Waals surface area contributed by atoms with Crippen LogP contribution in [0.5, 0.6) is 0 Å². The Bertz CT molecular complexity index is 886. The molecule has 23 heavy (non-hydrogen) atoms. The first-order valence-corrected chi connectivity index (χ1v) is 7.88. The smallest absolute Gasteiger partial charge is 0.124 e. The van der Waals surface area contributed by atoms with Gasteiger partial charge in [-0.25, -0.2) is 4.98 Å². The van der Waals surface area contributed by atoms with E-state index in [0.29, 0.717) is 5.56 Å². The lowest BCUT2D eigenvalue weighted by Gasteiger charge is -2.05. The molecule has 0 saturated heterocycles. The van der Waals surface area contributed by atoms with Gasteiger partial charge in [0.1, 0.15) is 5.82 Å².